The maximum absolute atomic E-state index is 14.3. The van der Waals surface area contributed by atoms with Crippen molar-refractivity contribution in [2.24, 2.45) is 0 Å². The Balaban J connectivity index is 2.56. The summed E-state index contributed by atoms with van der Waals surface area (Å²) in [5.41, 5.74) is -3.45. The van der Waals surface area contributed by atoms with E-state index in [1.54, 1.807) is 0 Å². The number of aromatic carboxylic acids is 1. The standard InChI is InChI=1S/C16H8ClF7O5/c1-27-10-5-9(11(14(25)26)13(18)12(10)15(19,20)21)28-8-3-2-6(4-7(8)17)29-16(22,23)24/h2-5H,1H3,(H,25,26). The second-order valence-electron chi connectivity index (χ2n) is 5.19. The summed E-state index contributed by atoms with van der Waals surface area (Å²) >= 11 is 5.73. The van der Waals surface area contributed by atoms with Crippen molar-refractivity contribution in [3.63, 3.8) is 0 Å². The number of alkyl halides is 6. The van der Waals surface area contributed by atoms with Crippen molar-refractivity contribution in [2.75, 3.05) is 7.11 Å². The maximum Gasteiger partial charge on any atom is 0.573 e. The number of hydrogen-bond acceptors (Lipinski definition) is 4. The summed E-state index contributed by atoms with van der Waals surface area (Å²) in [5.74, 6) is -7.50. The van der Waals surface area contributed by atoms with Crippen LogP contribution in [0.3, 0.4) is 0 Å². The number of carboxylic acids is 1. The smallest absolute Gasteiger partial charge is 0.496 e. The molecular weight excluding hydrogens is 441 g/mol. The third-order valence-electron chi connectivity index (χ3n) is 3.27. The van der Waals surface area contributed by atoms with E-state index in [2.05, 4.69) is 9.47 Å². The number of carbonyl (C=O) groups is 1. The lowest BCUT2D eigenvalue weighted by Crippen LogP contribution is -2.17. The van der Waals surface area contributed by atoms with E-state index in [0.717, 1.165) is 19.2 Å². The van der Waals surface area contributed by atoms with Gasteiger partial charge in [-0.3, -0.25) is 0 Å². The summed E-state index contributed by atoms with van der Waals surface area (Å²) in [4.78, 5) is 11.3. The van der Waals surface area contributed by atoms with Crippen LogP contribution in [-0.2, 0) is 6.18 Å². The van der Waals surface area contributed by atoms with Crippen molar-refractivity contribution >= 4 is 17.6 Å². The van der Waals surface area contributed by atoms with Crippen molar-refractivity contribution in [2.45, 2.75) is 12.5 Å². The van der Waals surface area contributed by atoms with E-state index in [-0.39, 0.29) is 0 Å². The molecule has 0 amide bonds. The molecule has 0 aliphatic heterocycles. The van der Waals surface area contributed by atoms with Gasteiger partial charge in [-0.1, -0.05) is 11.6 Å². The summed E-state index contributed by atoms with van der Waals surface area (Å²) in [6, 6.07) is 2.68. The molecule has 0 aliphatic rings. The van der Waals surface area contributed by atoms with E-state index in [1.165, 1.54) is 0 Å². The van der Waals surface area contributed by atoms with Crippen molar-refractivity contribution in [1.82, 2.24) is 0 Å². The fraction of sp³-hybridized carbons (Fsp3) is 0.188. The predicted molar refractivity (Wildman–Crippen MR) is 83.1 cm³/mol. The molecule has 0 aromatic heterocycles. The number of rotatable bonds is 5. The number of hydrogen-bond donors (Lipinski definition) is 1. The first kappa shape index (κ1) is 22.4. The van der Waals surface area contributed by atoms with E-state index in [4.69, 9.17) is 21.4 Å². The fourth-order valence-electron chi connectivity index (χ4n) is 2.19. The van der Waals surface area contributed by atoms with Crippen LogP contribution in [0.1, 0.15) is 15.9 Å². The topological polar surface area (TPSA) is 65.0 Å². The normalized spacial score (nSPS) is 11.9. The van der Waals surface area contributed by atoms with E-state index in [9.17, 15) is 35.5 Å². The van der Waals surface area contributed by atoms with Gasteiger partial charge in [0, 0.05) is 12.1 Å². The molecule has 1 N–H and O–H groups in total. The summed E-state index contributed by atoms with van der Waals surface area (Å²) in [5, 5.41) is 8.59. The summed E-state index contributed by atoms with van der Waals surface area (Å²) in [6.45, 7) is 0. The van der Waals surface area contributed by atoms with Gasteiger partial charge in [0.05, 0.1) is 12.1 Å². The zero-order valence-electron chi connectivity index (χ0n) is 13.9. The van der Waals surface area contributed by atoms with Gasteiger partial charge in [-0.15, -0.1) is 13.2 Å². The lowest BCUT2D eigenvalue weighted by molar-refractivity contribution is -0.274. The zero-order chi connectivity index (χ0) is 22.1. The molecule has 2 aromatic carbocycles. The lowest BCUT2D eigenvalue weighted by atomic mass is 10.1. The maximum atomic E-state index is 14.3. The Labute approximate surface area is 162 Å². The van der Waals surface area contributed by atoms with Crippen LogP contribution in [0.5, 0.6) is 23.0 Å². The second-order valence-corrected chi connectivity index (χ2v) is 5.59. The Morgan fingerprint density at radius 1 is 1.03 bits per heavy atom. The van der Waals surface area contributed by atoms with E-state index in [0.29, 0.717) is 12.1 Å². The Morgan fingerprint density at radius 2 is 1.66 bits per heavy atom. The minimum absolute atomic E-state index is 0.464. The van der Waals surface area contributed by atoms with E-state index in [1.807, 2.05) is 0 Å². The Morgan fingerprint density at radius 3 is 2.10 bits per heavy atom. The molecule has 2 aromatic rings. The van der Waals surface area contributed by atoms with Gasteiger partial charge in [0.15, 0.2) is 5.82 Å². The molecule has 0 bridgehead atoms. The molecule has 0 saturated carbocycles. The van der Waals surface area contributed by atoms with Crippen molar-refractivity contribution in [3.8, 4) is 23.0 Å². The molecule has 0 saturated heterocycles. The highest BCUT2D eigenvalue weighted by atomic mass is 35.5. The van der Waals surface area contributed by atoms with Gasteiger partial charge in [-0.25, -0.2) is 9.18 Å². The molecule has 5 nitrogen and oxygen atoms in total. The lowest BCUT2D eigenvalue weighted by Gasteiger charge is -2.18. The molecule has 0 aliphatic carbocycles. The number of carboxylic acid groups (broad SMARTS) is 1. The first-order chi connectivity index (χ1) is 13.2. The average molecular weight is 449 g/mol. The monoisotopic (exact) mass is 448 g/mol. The molecule has 158 valence electrons. The summed E-state index contributed by atoms with van der Waals surface area (Å²) < 4.78 is 103. The Hall–Kier alpha value is -2.89. The molecule has 0 atom stereocenters. The van der Waals surface area contributed by atoms with Gasteiger partial charge in [-0.05, 0) is 12.1 Å². The Kier molecular flexibility index (Phi) is 6.07. The zero-order valence-corrected chi connectivity index (χ0v) is 14.7. The molecule has 2 rings (SSSR count). The van der Waals surface area contributed by atoms with E-state index < -0.39 is 63.5 Å². The molecule has 29 heavy (non-hydrogen) atoms. The van der Waals surface area contributed by atoms with Crippen LogP contribution < -0.4 is 14.2 Å². The van der Waals surface area contributed by atoms with Gasteiger partial charge in [0.1, 0.15) is 34.1 Å². The highest BCUT2D eigenvalue weighted by Gasteiger charge is 2.41. The quantitative estimate of drug-likeness (QED) is 0.577. The minimum Gasteiger partial charge on any atom is -0.496 e. The second kappa shape index (κ2) is 7.85. The van der Waals surface area contributed by atoms with Crippen LogP contribution in [0.2, 0.25) is 5.02 Å². The SMILES string of the molecule is COc1cc(Oc2ccc(OC(F)(F)F)cc2Cl)c(C(=O)O)c(F)c1C(F)(F)F. The number of halogens is 8. The molecular formula is C16H8ClF7O5. The largest absolute Gasteiger partial charge is 0.573 e. The fourth-order valence-corrected chi connectivity index (χ4v) is 2.40. The molecule has 0 radical (unpaired) electrons. The number of benzene rings is 2. The average Bonchev–Trinajstić information content (AvgIpc) is 2.53. The van der Waals surface area contributed by atoms with Crippen molar-refractivity contribution in [1.29, 1.82) is 0 Å². The van der Waals surface area contributed by atoms with E-state index >= 15 is 0 Å². The van der Waals surface area contributed by atoms with Crippen LogP contribution in [0.15, 0.2) is 24.3 Å². The van der Waals surface area contributed by atoms with Crippen LogP contribution in [0.25, 0.3) is 0 Å². The van der Waals surface area contributed by atoms with Crippen LogP contribution in [0, 0.1) is 5.82 Å². The number of methoxy groups -OCH3 is 1. The minimum atomic E-state index is -5.29. The molecule has 0 unspecified atom stereocenters. The molecule has 13 heteroatoms. The molecule has 0 fully saturated rings. The van der Waals surface area contributed by atoms with Gasteiger partial charge in [-0.2, -0.15) is 13.2 Å². The van der Waals surface area contributed by atoms with Gasteiger partial charge in [0.25, 0.3) is 0 Å². The summed E-state index contributed by atoms with van der Waals surface area (Å²) in [7, 11) is 0.782. The molecule has 0 spiro atoms. The van der Waals surface area contributed by atoms with Crippen molar-refractivity contribution < 1.29 is 54.8 Å². The number of ether oxygens (including phenoxy) is 3. The van der Waals surface area contributed by atoms with Crippen molar-refractivity contribution in [3.05, 3.63) is 46.2 Å². The van der Waals surface area contributed by atoms with Gasteiger partial charge < -0.3 is 19.3 Å². The summed E-state index contributed by atoms with van der Waals surface area (Å²) in [6.07, 6.45) is -10.3. The van der Waals surface area contributed by atoms with Gasteiger partial charge >= 0.3 is 18.5 Å². The third kappa shape index (κ3) is 5.13. The van der Waals surface area contributed by atoms with Gasteiger partial charge in [0.2, 0.25) is 0 Å². The first-order valence-electron chi connectivity index (χ1n) is 7.18. The third-order valence-corrected chi connectivity index (χ3v) is 3.56. The Bertz CT molecular complexity index is 941. The first-order valence-corrected chi connectivity index (χ1v) is 7.56. The van der Waals surface area contributed by atoms with Crippen LogP contribution >= 0.6 is 11.6 Å². The van der Waals surface area contributed by atoms with Crippen LogP contribution in [-0.4, -0.2) is 24.5 Å². The highest BCUT2D eigenvalue weighted by Crippen LogP contribution is 2.44. The molecule has 0 heterocycles. The van der Waals surface area contributed by atoms with Crippen LogP contribution in [0.4, 0.5) is 30.7 Å². The predicted octanol–water partition coefficient (Wildman–Crippen LogP) is 5.90. The highest BCUT2D eigenvalue weighted by molar-refractivity contribution is 6.32.